The van der Waals surface area contributed by atoms with Crippen molar-refractivity contribution in [2.45, 2.75) is 25.3 Å². The van der Waals surface area contributed by atoms with Crippen LogP contribution < -0.4 is 5.73 Å². The van der Waals surface area contributed by atoms with Crippen LogP contribution in [0.3, 0.4) is 0 Å². The zero-order chi connectivity index (χ0) is 11.9. The first-order chi connectivity index (χ1) is 8.27. The molecule has 3 heteroatoms. The van der Waals surface area contributed by atoms with Gasteiger partial charge in [-0.3, -0.25) is 0 Å². The lowest BCUT2D eigenvalue weighted by Crippen LogP contribution is -2.43. The molecule has 1 aromatic heterocycles. The summed E-state index contributed by atoms with van der Waals surface area (Å²) >= 11 is 0. The van der Waals surface area contributed by atoms with Crippen molar-refractivity contribution in [3.8, 4) is 0 Å². The van der Waals surface area contributed by atoms with Crippen molar-refractivity contribution in [3.05, 3.63) is 36.1 Å². The summed E-state index contributed by atoms with van der Waals surface area (Å²) in [6.07, 6.45) is 4.91. The van der Waals surface area contributed by atoms with Gasteiger partial charge in [-0.05, 0) is 18.9 Å². The minimum Gasteiger partial charge on any atom is -0.464 e. The molecule has 1 saturated carbocycles. The van der Waals surface area contributed by atoms with Gasteiger partial charge < -0.3 is 15.3 Å². The normalized spacial score (nSPS) is 20.1. The van der Waals surface area contributed by atoms with Gasteiger partial charge in [-0.25, -0.2) is 0 Å². The first-order valence-corrected chi connectivity index (χ1v) is 6.09. The topological polar surface area (TPSA) is 59.4 Å². The number of hydrogen-bond donors (Lipinski definition) is 2. The molecule has 2 aromatic rings. The Balaban J connectivity index is 2.03. The third-order valence-corrected chi connectivity index (χ3v) is 4.17. The summed E-state index contributed by atoms with van der Waals surface area (Å²) in [5.41, 5.74) is 8.09. The molecule has 0 saturated heterocycles. The highest BCUT2D eigenvalue weighted by molar-refractivity contribution is 5.81. The first-order valence-electron chi connectivity index (χ1n) is 6.09. The minimum absolute atomic E-state index is 0.132. The highest BCUT2D eigenvalue weighted by atomic mass is 16.3. The molecule has 17 heavy (non-hydrogen) atoms. The van der Waals surface area contributed by atoms with E-state index < -0.39 is 0 Å². The highest BCUT2D eigenvalue weighted by Gasteiger charge is 2.43. The molecule has 0 radical (unpaired) electrons. The second-order valence-corrected chi connectivity index (χ2v) is 5.04. The van der Waals surface area contributed by atoms with E-state index in [0.717, 1.165) is 35.8 Å². The summed E-state index contributed by atoms with van der Waals surface area (Å²) < 4.78 is 5.52. The van der Waals surface area contributed by atoms with E-state index in [0.29, 0.717) is 0 Å². The number of hydrogen-bond acceptors (Lipinski definition) is 3. The van der Waals surface area contributed by atoms with Crippen LogP contribution in [-0.2, 0) is 0 Å². The third kappa shape index (κ3) is 1.50. The van der Waals surface area contributed by atoms with Crippen LogP contribution in [0.2, 0.25) is 0 Å². The van der Waals surface area contributed by atoms with Gasteiger partial charge in [0.2, 0.25) is 0 Å². The number of para-hydroxylation sites is 1. The van der Waals surface area contributed by atoms with Crippen LogP contribution in [-0.4, -0.2) is 11.7 Å². The van der Waals surface area contributed by atoms with Crippen LogP contribution in [0, 0.1) is 5.41 Å². The van der Waals surface area contributed by atoms with E-state index >= 15 is 0 Å². The molecule has 90 valence electrons. The summed E-state index contributed by atoms with van der Waals surface area (Å²) in [7, 11) is 0. The van der Waals surface area contributed by atoms with Crippen molar-refractivity contribution in [1.82, 2.24) is 0 Å². The fourth-order valence-corrected chi connectivity index (χ4v) is 2.77. The molecule has 1 aliphatic rings. The maximum absolute atomic E-state index is 9.57. The van der Waals surface area contributed by atoms with Gasteiger partial charge >= 0.3 is 0 Å². The van der Waals surface area contributed by atoms with Gasteiger partial charge in [0.1, 0.15) is 5.58 Å². The molecular weight excluding hydrogens is 214 g/mol. The Labute approximate surface area is 100 Å². The van der Waals surface area contributed by atoms with Crippen LogP contribution in [0.25, 0.3) is 11.0 Å². The molecule has 0 bridgehead atoms. The van der Waals surface area contributed by atoms with Crippen molar-refractivity contribution in [3.63, 3.8) is 0 Å². The summed E-state index contributed by atoms with van der Waals surface area (Å²) in [6, 6.07) is 7.77. The fourth-order valence-electron chi connectivity index (χ4n) is 2.77. The van der Waals surface area contributed by atoms with Crippen molar-refractivity contribution >= 4 is 11.0 Å². The SMILES string of the molecule is NC(c1coc2ccccc12)C1(CO)CCC1. The zero-order valence-electron chi connectivity index (χ0n) is 9.73. The van der Waals surface area contributed by atoms with Gasteiger partial charge in [0.25, 0.3) is 0 Å². The predicted octanol–water partition coefficient (Wildman–Crippen LogP) is 2.60. The average Bonchev–Trinajstić information content (AvgIpc) is 2.71. The van der Waals surface area contributed by atoms with Crippen molar-refractivity contribution < 1.29 is 9.52 Å². The third-order valence-electron chi connectivity index (χ3n) is 4.17. The minimum atomic E-state index is -0.134. The summed E-state index contributed by atoms with van der Waals surface area (Å²) in [5.74, 6) is 0. The summed E-state index contributed by atoms with van der Waals surface area (Å²) in [6.45, 7) is 0.160. The molecule has 3 rings (SSSR count). The number of fused-ring (bicyclic) bond motifs is 1. The Kier molecular flexibility index (Phi) is 2.45. The van der Waals surface area contributed by atoms with E-state index in [1.165, 1.54) is 0 Å². The summed E-state index contributed by atoms with van der Waals surface area (Å²) in [5, 5.41) is 10.6. The van der Waals surface area contributed by atoms with E-state index in [2.05, 4.69) is 0 Å². The molecule has 0 spiro atoms. The standard InChI is InChI=1S/C14H17NO2/c15-13(14(9-16)6-3-7-14)11-8-17-12-5-2-1-4-10(11)12/h1-2,4-5,8,13,16H,3,6-7,9,15H2. The van der Waals surface area contributed by atoms with E-state index in [1.54, 1.807) is 6.26 Å². The Morgan fingerprint density at radius 2 is 2.12 bits per heavy atom. The smallest absolute Gasteiger partial charge is 0.134 e. The maximum Gasteiger partial charge on any atom is 0.134 e. The van der Waals surface area contributed by atoms with Crippen LogP contribution >= 0.6 is 0 Å². The van der Waals surface area contributed by atoms with Gasteiger partial charge in [0.15, 0.2) is 0 Å². The molecule has 3 N–H and O–H groups in total. The Morgan fingerprint density at radius 3 is 2.76 bits per heavy atom. The highest BCUT2D eigenvalue weighted by Crippen LogP contribution is 2.49. The van der Waals surface area contributed by atoms with Crippen molar-refractivity contribution in [1.29, 1.82) is 0 Å². The van der Waals surface area contributed by atoms with Crippen LogP contribution in [0.5, 0.6) is 0 Å². The van der Waals surface area contributed by atoms with Gasteiger partial charge in [0, 0.05) is 22.4 Å². The monoisotopic (exact) mass is 231 g/mol. The fraction of sp³-hybridized carbons (Fsp3) is 0.429. The Bertz CT molecular complexity index is 522. The average molecular weight is 231 g/mol. The molecule has 3 nitrogen and oxygen atoms in total. The van der Waals surface area contributed by atoms with E-state index in [9.17, 15) is 5.11 Å². The number of aliphatic hydroxyl groups excluding tert-OH is 1. The molecule has 1 heterocycles. The number of aliphatic hydroxyl groups is 1. The molecule has 1 unspecified atom stereocenters. The number of rotatable bonds is 3. The summed E-state index contributed by atoms with van der Waals surface area (Å²) in [4.78, 5) is 0. The Morgan fingerprint density at radius 1 is 1.35 bits per heavy atom. The molecule has 1 atom stereocenters. The van der Waals surface area contributed by atoms with Crippen LogP contribution in [0.4, 0.5) is 0 Å². The van der Waals surface area contributed by atoms with Gasteiger partial charge in [-0.2, -0.15) is 0 Å². The molecule has 0 amide bonds. The van der Waals surface area contributed by atoms with Gasteiger partial charge in [-0.15, -0.1) is 0 Å². The van der Waals surface area contributed by atoms with Crippen molar-refractivity contribution in [2.24, 2.45) is 11.1 Å². The van der Waals surface area contributed by atoms with Gasteiger partial charge in [-0.1, -0.05) is 24.6 Å². The molecule has 1 aliphatic carbocycles. The zero-order valence-corrected chi connectivity index (χ0v) is 9.73. The van der Waals surface area contributed by atoms with E-state index in [4.69, 9.17) is 10.2 Å². The molecular formula is C14H17NO2. The van der Waals surface area contributed by atoms with E-state index in [1.807, 2.05) is 24.3 Å². The second-order valence-electron chi connectivity index (χ2n) is 5.04. The Hall–Kier alpha value is -1.32. The second kappa shape index (κ2) is 3.86. The molecule has 1 fully saturated rings. The van der Waals surface area contributed by atoms with E-state index in [-0.39, 0.29) is 18.1 Å². The molecule has 1 aromatic carbocycles. The predicted molar refractivity (Wildman–Crippen MR) is 66.5 cm³/mol. The number of benzene rings is 1. The largest absolute Gasteiger partial charge is 0.464 e. The van der Waals surface area contributed by atoms with Crippen LogP contribution in [0.15, 0.2) is 34.9 Å². The number of nitrogens with two attached hydrogens (primary N) is 1. The lowest BCUT2D eigenvalue weighted by molar-refractivity contribution is 0.0186. The number of furan rings is 1. The quantitative estimate of drug-likeness (QED) is 0.853. The first kappa shape index (κ1) is 10.8. The van der Waals surface area contributed by atoms with Gasteiger partial charge in [0.05, 0.1) is 12.9 Å². The molecule has 0 aliphatic heterocycles. The maximum atomic E-state index is 9.57. The van der Waals surface area contributed by atoms with Crippen LogP contribution in [0.1, 0.15) is 30.9 Å². The lowest BCUT2D eigenvalue weighted by atomic mass is 9.63. The lowest BCUT2D eigenvalue weighted by Gasteiger charge is -2.44. The van der Waals surface area contributed by atoms with Crippen molar-refractivity contribution in [2.75, 3.05) is 6.61 Å².